The van der Waals surface area contributed by atoms with Gasteiger partial charge in [-0.1, -0.05) is 19.1 Å². The third-order valence-corrected chi connectivity index (χ3v) is 3.72. The standard InChI is InChI=1S/C14H18N2OS/c1-3-13(15)11-4-6-12(7-5-11)17-8-14-16-10(2)9-18-14/h4-7,9,13H,3,8,15H2,1-2H3/t13-/m1/s1. The van der Waals surface area contributed by atoms with Crippen molar-refractivity contribution in [2.45, 2.75) is 32.9 Å². The molecule has 4 heteroatoms. The summed E-state index contributed by atoms with van der Waals surface area (Å²) in [6, 6.07) is 8.09. The second-order valence-electron chi connectivity index (χ2n) is 4.26. The van der Waals surface area contributed by atoms with Crippen molar-refractivity contribution in [2.24, 2.45) is 5.73 Å². The van der Waals surface area contributed by atoms with Crippen LogP contribution < -0.4 is 10.5 Å². The molecule has 0 bridgehead atoms. The summed E-state index contributed by atoms with van der Waals surface area (Å²) in [5.74, 6) is 0.856. The molecule has 1 aromatic carbocycles. The van der Waals surface area contributed by atoms with E-state index in [1.54, 1.807) is 11.3 Å². The van der Waals surface area contributed by atoms with Crippen molar-refractivity contribution < 1.29 is 4.74 Å². The Morgan fingerprint density at radius 3 is 2.61 bits per heavy atom. The Morgan fingerprint density at radius 1 is 1.33 bits per heavy atom. The Balaban J connectivity index is 1.94. The molecule has 0 aliphatic heterocycles. The van der Waals surface area contributed by atoms with Crippen LogP contribution >= 0.6 is 11.3 Å². The molecule has 2 aromatic rings. The minimum atomic E-state index is 0.112. The summed E-state index contributed by atoms with van der Waals surface area (Å²) in [4.78, 5) is 4.36. The molecular weight excluding hydrogens is 244 g/mol. The minimum Gasteiger partial charge on any atom is -0.486 e. The molecule has 2 rings (SSSR count). The molecule has 0 saturated carbocycles. The average Bonchev–Trinajstić information content (AvgIpc) is 2.82. The lowest BCUT2D eigenvalue weighted by Gasteiger charge is -2.10. The van der Waals surface area contributed by atoms with Crippen LogP contribution in [0.2, 0.25) is 0 Å². The zero-order valence-electron chi connectivity index (χ0n) is 10.7. The lowest BCUT2D eigenvalue weighted by atomic mass is 10.1. The van der Waals surface area contributed by atoms with Crippen molar-refractivity contribution in [1.82, 2.24) is 4.98 Å². The first-order valence-corrected chi connectivity index (χ1v) is 6.96. The molecule has 0 unspecified atom stereocenters. The van der Waals surface area contributed by atoms with Crippen molar-refractivity contribution in [3.8, 4) is 5.75 Å². The van der Waals surface area contributed by atoms with E-state index in [4.69, 9.17) is 10.5 Å². The molecule has 0 saturated heterocycles. The van der Waals surface area contributed by atoms with Crippen molar-refractivity contribution in [2.75, 3.05) is 0 Å². The Kier molecular flexibility index (Phi) is 4.33. The third-order valence-electron chi connectivity index (χ3n) is 2.78. The van der Waals surface area contributed by atoms with Gasteiger partial charge in [-0.05, 0) is 31.0 Å². The van der Waals surface area contributed by atoms with Gasteiger partial charge in [-0.25, -0.2) is 4.98 Å². The van der Waals surface area contributed by atoms with Crippen LogP contribution in [0.4, 0.5) is 0 Å². The number of thiazole rings is 1. The number of aromatic nitrogens is 1. The van der Waals surface area contributed by atoms with E-state index < -0.39 is 0 Å². The predicted octanol–water partition coefficient (Wildman–Crippen LogP) is 3.44. The Hall–Kier alpha value is -1.39. The monoisotopic (exact) mass is 262 g/mol. The van der Waals surface area contributed by atoms with Gasteiger partial charge in [-0.15, -0.1) is 11.3 Å². The fraction of sp³-hybridized carbons (Fsp3) is 0.357. The van der Waals surface area contributed by atoms with Gasteiger partial charge in [0.1, 0.15) is 17.4 Å². The normalized spacial score (nSPS) is 12.4. The lowest BCUT2D eigenvalue weighted by molar-refractivity contribution is 0.305. The molecule has 3 nitrogen and oxygen atoms in total. The number of rotatable bonds is 5. The number of nitrogens with zero attached hydrogens (tertiary/aromatic N) is 1. The van der Waals surface area contributed by atoms with Gasteiger partial charge >= 0.3 is 0 Å². The largest absolute Gasteiger partial charge is 0.486 e. The van der Waals surface area contributed by atoms with Gasteiger partial charge in [0.25, 0.3) is 0 Å². The second kappa shape index (κ2) is 5.98. The van der Waals surface area contributed by atoms with Gasteiger partial charge in [0.15, 0.2) is 0 Å². The van der Waals surface area contributed by atoms with Gasteiger partial charge in [0.2, 0.25) is 0 Å². The number of benzene rings is 1. The van der Waals surface area contributed by atoms with E-state index >= 15 is 0 Å². The summed E-state index contributed by atoms with van der Waals surface area (Å²) in [6.45, 7) is 4.60. The molecule has 0 aliphatic rings. The molecule has 96 valence electrons. The number of aryl methyl sites for hydroxylation is 1. The van der Waals surface area contributed by atoms with Gasteiger partial charge in [0.05, 0.1) is 0 Å². The highest BCUT2D eigenvalue weighted by Crippen LogP contribution is 2.19. The highest BCUT2D eigenvalue weighted by Gasteiger charge is 2.04. The molecule has 0 radical (unpaired) electrons. The van der Waals surface area contributed by atoms with Crippen LogP contribution in [0, 0.1) is 6.92 Å². The average molecular weight is 262 g/mol. The molecule has 1 heterocycles. The first-order chi connectivity index (χ1) is 8.69. The van der Waals surface area contributed by atoms with Crippen molar-refractivity contribution in [3.05, 3.63) is 45.9 Å². The van der Waals surface area contributed by atoms with Crippen LogP contribution in [0.5, 0.6) is 5.75 Å². The van der Waals surface area contributed by atoms with Crippen molar-refractivity contribution in [3.63, 3.8) is 0 Å². The molecule has 0 amide bonds. The van der Waals surface area contributed by atoms with Crippen LogP contribution in [-0.2, 0) is 6.61 Å². The first kappa shape index (κ1) is 13.1. The number of hydrogen-bond donors (Lipinski definition) is 1. The van der Waals surface area contributed by atoms with Crippen molar-refractivity contribution in [1.29, 1.82) is 0 Å². The van der Waals surface area contributed by atoms with Crippen LogP contribution in [0.15, 0.2) is 29.6 Å². The maximum atomic E-state index is 5.96. The number of hydrogen-bond acceptors (Lipinski definition) is 4. The summed E-state index contributed by atoms with van der Waals surface area (Å²) in [5.41, 5.74) is 8.16. The summed E-state index contributed by atoms with van der Waals surface area (Å²) in [5, 5.41) is 3.03. The molecule has 2 N–H and O–H groups in total. The lowest BCUT2D eigenvalue weighted by Crippen LogP contribution is -2.08. The van der Waals surface area contributed by atoms with Gasteiger partial charge in [-0.2, -0.15) is 0 Å². The smallest absolute Gasteiger partial charge is 0.140 e. The van der Waals surface area contributed by atoms with E-state index in [1.165, 1.54) is 0 Å². The molecule has 1 atom stereocenters. The number of nitrogens with two attached hydrogens (primary N) is 1. The Bertz CT molecular complexity index is 493. The van der Waals surface area contributed by atoms with Gasteiger partial charge in [-0.3, -0.25) is 0 Å². The van der Waals surface area contributed by atoms with Crippen LogP contribution in [0.3, 0.4) is 0 Å². The van der Waals surface area contributed by atoms with Gasteiger partial charge < -0.3 is 10.5 Å². The molecule has 18 heavy (non-hydrogen) atoms. The maximum Gasteiger partial charge on any atom is 0.140 e. The van der Waals surface area contributed by atoms with E-state index in [2.05, 4.69) is 11.9 Å². The SMILES string of the molecule is CC[C@@H](N)c1ccc(OCc2nc(C)cs2)cc1. The van der Waals surface area contributed by atoms with Gasteiger partial charge in [0, 0.05) is 17.1 Å². The summed E-state index contributed by atoms with van der Waals surface area (Å²) >= 11 is 1.62. The Morgan fingerprint density at radius 2 is 2.06 bits per heavy atom. The molecule has 0 spiro atoms. The zero-order valence-corrected chi connectivity index (χ0v) is 11.5. The Labute approximate surface area is 112 Å². The summed E-state index contributed by atoms with van der Waals surface area (Å²) in [6.07, 6.45) is 0.943. The van der Waals surface area contributed by atoms with E-state index in [0.717, 1.165) is 28.4 Å². The molecule has 1 aromatic heterocycles. The maximum absolute atomic E-state index is 5.96. The van der Waals surface area contributed by atoms with Crippen LogP contribution in [0.25, 0.3) is 0 Å². The summed E-state index contributed by atoms with van der Waals surface area (Å²) in [7, 11) is 0. The van der Waals surface area contributed by atoms with E-state index in [1.807, 2.05) is 36.6 Å². The van der Waals surface area contributed by atoms with Crippen LogP contribution in [-0.4, -0.2) is 4.98 Å². The quantitative estimate of drug-likeness (QED) is 0.898. The predicted molar refractivity (Wildman–Crippen MR) is 74.8 cm³/mol. The topological polar surface area (TPSA) is 48.1 Å². The van der Waals surface area contributed by atoms with Crippen molar-refractivity contribution >= 4 is 11.3 Å². The highest BCUT2D eigenvalue weighted by molar-refractivity contribution is 7.09. The molecular formula is C14H18N2OS. The van der Waals surface area contributed by atoms with E-state index in [0.29, 0.717) is 6.61 Å². The number of ether oxygens (including phenoxy) is 1. The molecule has 0 aliphatic carbocycles. The fourth-order valence-corrected chi connectivity index (χ4v) is 2.34. The van der Waals surface area contributed by atoms with Crippen LogP contribution in [0.1, 0.15) is 35.7 Å². The van der Waals surface area contributed by atoms with E-state index in [9.17, 15) is 0 Å². The third kappa shape index (κ3) is 3.31. The second-order valence-corrected chi connectivity index (χ2v) is 5.20. The zero-order chi connectivity index (χ0) is 13.0. The summed E-state index contributed by atoms with van der Waals surface area (Å²) < 4.78 is 5.68. The first-order valence-electron chi connectivity index (χ1n) is 6.08. The fourth-order valence-electron chi connectivity index (χ4n) is 1.66. The highest BCUT2D eigenvalue weighted by atomic mass is 32.1. The van der Waals surface area contributed by atoms with E-state index in [-0.39, 0.29) is 6.04 Å². The minimum absolute atomic E-state index is 0.112. The molecule has 0 fully saturated rings.